The van der Waals surface area contributed by atoms with Crippen LogP contribution in [0.1, 0.15) is 35.3 Å². The van der Waals surface area contributed by atoms with Crippen LogP contribution in [0.4, 0.5) is 0 Å². The number of aryl methyl sites for hydroxylation is 1. The molecule has 1 N–H and O–H groups in total. The molecule has 0 bridgehead atoms. The molecule has 2 aromatic rings. The normalized spacial score (nSPS) is 18.0. The zero-order valence-corrected chi connectivity index (χ0v) is 16.5. The minimum absolute atomic E-state index is 0.0811. The van der Waals surface area contributed by atoms with Gasteiger partial charge in [0.15, 0.2) is 6.10 Å². The molecule has 0 aliphatic carbocycles. The van der Waals surface area contributed by atoms with Gasteiger partial charge in [0.05, 0.1) is 4.90 Å². The quantitative estimate of drug-likeness (QED) is 0.613. The van der Waals surface area contributed by atoms with E-state index in [1.54, 1.807) is 42.5 Å². The highest BCUT2D eigenvalue weighted by atomic mass is 32.2. The van der Waals surface area contributed by atoms with Gasteiger partial charge in [-0.05, 0) is 32.9 Å². The zero-order valence-electron chi connectivity index (χ0n) is 15.7. The summed E-state index contributed by atoms with van der Waals surface area (Å²) in [7, 11) is -3.69. The number of sulfonamides is 1. The number of nitrogens with one attached hydrogen (secondary N) is 1. The fraction of sp³-hybridized carbons (Fsp3) is 0.250. The van der Waals surface area contributed by atoms with E-state index in [1.807, 2.05) is 6.92 Å². The van der Waals surface area contributed by atoms with E-state index >= 15 is 0 Å². The first-order chi connectivity index (χ1) is 13.2. The van der Waals surface area contributed by atoms with Gasteiger partial charge in [0.25, 0.3) is 10.0 Å². The van der Waals surface area contributed by atoms with Crippen LogP contribution in [0.3, 0.4) is 0 Å². The number of amidine groups is 1. The minimum Gasteiger partial charge on any atom is -0.453 e. The fourth-order valence-corrected chi connectivity index (χ4v) is 3.99. The van der Waals surface area contributed by atoms with Gasteiger partial charge in [-0.1, -0.05) is 42.0 Å². The second-order valence-electron chi connectivity index (χ2n) is 6.56. The van der Waals surface area contributed by atoms with Crippen molar-refractivity contribution >= 4 is 27.6 Å². The van der Waals surface area contributed by atoms with E-state index in [-0.39, 0.29) is 16.5 Å². The second-order valence-corrected chi connectivity index (χ2v) is 8.22. The molecule has 0 unspecified atom stereocenters. The summed E-state index contributed by atoms with van der Waals surface area (Å²) in [5, 5.41) is 0. The fourth-order valence-electron chi connectivity index (χ4n) is 2.75. The number of aliphatic imine (C=N–C) groups is 1. The van der Waals surface area contributed by atoms with E-state index in [0.717, 1.165) is 5.56 Å². The van der Waals surface area contributed by atoms with Crippen LogP contribution in [0, 0.1) is 6.92 Å². The van der Waals surface area contributed by atoms with Crippen molar-refractivity contribution in [1.82, 2.24) is 4.72 Å². The smallest absolute Gasteiger partial charge is 0.331 e. The molecule has 3 rings (SSSR count). The number of ketones is 1. The molecule has 146 valence electrons. The van der Waals surface area contributed by atoms with E-state index < -0.39 is 28.1 Å². The number of hydrogen-bond acceptors (Lipinski definition) is 6. The Morgan fingerprint density at radius 2 is 1.68 bits per heavy atom. The average molecular weight is 400 g/mol. The number of hydrogen-bond donors (Lipinski definition) is 1. The Morgan fingerprint density at radius 1 is 1.04 bits per heavy atom. The van der Waals surface area contributed by atoms with Crippen LogP contribution < -0.4 is 4.72 Å². The molecule has 0 saturated heterocycles. The van der Waals surface area contributed by atoms with Gasteiger partial charge in [-0.2, -0.15) is 0 Å². The highest BCUT2D eigenvalue weighted by Crippen LogP contribution is 2.22. The highest BCUT2D eigenvalue weighted by Gasteiger charge is 2.31. The van der Waals surface area contributed by atoms with Crippen molar-refractivity contribution in [2.45, 2.75) is 37.8 Å². The molecule has 0 amide bonds. The number of carbonyl (C=O) groups excluding carboxylic acids is 2. The Morgan fingerprint density at radius 3 is 2.36 bits per heavy atom. The summed E-state index contributed by atoms with van der Waals surface area (Å²) in [5.41, 5.74) is 1.86. The van der Waals surface area contributed by atoms with Crippen molar-refractivity contribution < 1.29 is 22.7 Å². The number of nitrogens with zero attached hydrogens (tertiary/aromatic N) is 1. The lowest BCUT2D eigenvalue weighted by Gasteiger charge is -2.14. The minimum atomic E-state index is -3.69. The summed E-state index contributed by atoms with van der Waals surface area (Å²) in [6.07, 6.45) is -0.981. The van der Waals surface area contributed by atoms with Crippen LogP contribution in [0.5, 0.6) is 0 Å². The third-order valence-electron chi connectivity index (χ3n) is 4.32. The van der Waals surface area contributed by atoms with Gasteiger partial charge >= 0.3 is 5.97 Å². The van der Waals surface area contributed by atoms with E-state index in [1.165, 1.54) is 19.9 Å². The molecule has 0 fully saturated rings. The molecule has 2 aromatic carbocycles. The zero-order chi connectivity index (χ0) is 20.5. The van der Waals surface area contributed by atoms with Crippen molar-refractivity contribution in [2.75, 3.05) is 0 Å². The lowest BCUT2D eigenvalue weighted by atomic mass is 10.1. The first-order valence-electron chi connectivity index (χ1n) is 8.70. The van der Waals surface area contributed by atoms with E-state index in [0.29, 0.717) is 11.1 Å². The first kappa shape index (κ1) is 19.8. The number of fused-ring (bicyclic) bond motifs is 1. The largest absolute Gasteiger partial charge is 0.453 e. The van der Waals surface area contributed by atoms with Crippen molar-refractivity contribution in [3.63, 3.8) is 0 Å². The van der Waals surface area contributed by atoms with Crippen molar-refractivity contribution in [1.29, 1.82) is 0 Å². The summed E-state index contributed by atoms with van der Waals surface area (Å²) >= 11 is 0. The lowest BCUT2D eigenvalue weighted by molar-refractivity contribution is -0.147. The number of benzene rings is 2. The topological polar surface area (TPSA) is 102 Å². The van der Waals surface area contributed by atoms with Crippen LogP contribution in [-0.2, 0) is 19.6 Å². The molecule has 0 saturated carbocycles. The molecular formula is C20H20N2O5S. The van der Waals surface area contributed by atoms with Crippen molar-refractivity contribution in [3.8, 4) is 0 Å². The Hall–Kier alpha value is -3.00. The molecule has 2 atom stereocenters. The molecule has 1 aliphatic rings. The predicted molar refractivity (Wildman–Crippen MR) is 104 cm³/mol. The Labute approximate surface area is 163 Å². The number of Topliss-reactive ketones (excluding diaryl/α,β-unsaturated/α-hetero) is 1. The molecule has 0 spiro atoms. The Balaban J connectivity index is 1.72. The molecule has 0 radical (unpaired) electrons. The number of ether oxygens (including phenoxy) is 1. The highest BCUT2D eigenvalue weighted by molar-refractivity contribution is 7.90. The van der Waals surface area contributed by atoms with Crippen molar-refractivity contribution in [2.24, 2.45) is 4.99 Å². The Kier molecular flexibility index (Phi) is 5.33. The van der Waals surface area contributed by atoms with E-state index in [9.17, 15) is 18.0 Å². The molecular weight excluding hydrogens is 380 g/mol. The van der Waals surface area contributed by atoms with E-state index in [2.05, 4.69) is 9.71 Å². The molecule has 7 nitrogen and oxygen atoms in total. The SMILES string of the molecule is Cc1ccc(C(=O)[C@H](C)OC(=O)[C@H](C)N=C2NS(=O)(=O)c3ccccc32)cc1. The van der Waals surface area contributed by atoms with Crippen molar-refractivity contribution in [3.05, 3.63) is 65.2 Å². The molecule has 8 heteroatoms. The Bertz CT molecular complexity index is 1060. The number of rotatable bonds is 5. The van der Waals surface area contributed by atoms with Gasteiger partial charge in [-0.25, -0.2) is 13.2 Å². The van der Waals surface area contributed by atoms with Crippen LogP contribution in [0.15, 0.2) is 58.4 Å². The average Bonchev–Trinajstić information content (AvgIpc) is 2.92. The summed E-state index contributed by atoms with van der Waals surface area (Å²) < 4.78 is 31.8. The maximum Gasteiger partial charge on any atom is 0.331 e. The third kappa shape index (κ3) is 3.96. The van der Waals surface area contributed by atoms with Gasteiger partial charge in [0.1, 0.15) is 11.9 Å². The molecule has 1 aliphatic heterocycles. The third-order valence-corrected chi connectivity index (χ3v) is 5.72. The van der Waals surface area contributed by atoms with Crippen LogP contribution >= 0.6 is 0 Å². The van der Waals surface area contributed by atoms with Gasteiger partial charge in [0, 0.05) is 11.1 Å². The van der Waals surface area contributed by atoms with Crippen LogP contribution in [0.25, 0.3) is 0 Å². The van der Waals surface area contributed by atoms with Crippen LogP contribution in [-0.4, -0.2) is 38.2 Å². The molecule has 1 heterocycles. The summed E-state index contributed by atoms with van der Waals surface area (Å²) in [4.78, 5) is 29.0. The van der Waals surface area contributed by atoms with Gasteiger partial charge < -0.3 is 4.74 Å². The molecule has 0 aromatic heterocycles. The first-order valence-corrected chi connectivity index (χ1v) is 10.2. The second kappa shape index (κ2) is 7.55. The summed E-state index contributed by atoms with van der Waals surface area (Å²) in [6.45, 7) is 4.88. The van der Waals surface area contributed by atoms with Gasteiger partial charge in [0.2, 0.25) is 5.78 Å². The van der Waals surface area contributed by atoms with E-state index in [4.69, 9.17) is 4.74 Å². The maximum atomic E-state index is 12.4. The van der Waals surface area contributed by atoms with Crippen LogP contribution in [0.2, 0.25) is 0 Å². The summed E-state index contributed by atoms with van der Waals surface area (Å²) in [6, 6.07) is 12.3. The van der Waals surface area contributed by atoms with Gasteiger partial charge in [-0.15, -0.1) is 0 Å². The monoisotopic (exact) mass is 400 g/mol. The molecule has 28 heavy (non-hydrogen) atoms. The predicted octanol–water partition coefficient (Wildman–Crippen LogP) is 2.24. The maximum absolute atomic E-state index is 12.4. The number of carbonyl (C=O) groups is 2. The number of esters is 1. The standard InChI is InChI=1S/C20H20N2O5S/c1-12-8-10-15(11-9-12)18(23)14(3)27-20(24)13(2)21-19-16-6-4-5-7-17(16)28(25,26)22-19/h4-11,13-14H,1-3H3,(H,21,22)/t13-,14-/m0/s1. The lowest BCUT2D eigenvalue weighted by Crippen LogP contribution is -2.31. The summed E-state index contributed by atoms with van der Waals surface area (Å²) in [5.74, 6) is -0.957. The van der Waals surface area contributed by atoms with Gasteiger partial charge in [-0.3, -0.25) is 14.5 Å².